The number of hydrogen-bond donors (Lipinski definition) is 1. The molecule has 0 radical (unpaired) electrons. The Kier molecular flexibility index (Phi) is 3.27. The lowest BCUT2D eigenvalue weighted by molar-refractivity contribution is 0.617. The van der Waals surface area contributed by atoms with Crippen molar-refractivity contribution < 1.29 is 4.39 Å². The summed E-state index contributed by atoms with van der Waals surface area (Å²) in [7, 11) is 0. The summed E-state index contributed by atoms with van der Waals surface area (Å²) in [4.78, 5) is 0. The fraction of sp³-hybridized carbons (Fsp3) is 0.111. The van der Waals surface area contributed by atoms with E-state index >= 15 is 0 Å². The third-order valence-corrected chi connectivity index (χ3v) is 1.89. The molecule has 0 spiro atoms. The molecule has 62 valence electrons. The molecule has 0 aliphatic rings. The molecule has 1 aromatic rings. The first kappa shape index (κ1) is 9.24. The van der Waals surface area contributed by atoms with Crippen molar-refractivity contribution >= 4 is 15.9 Å². The summed E-state index contributed by atoms with van der Waals surface area (Å²) in [5.74, 6) is 4.89. The van der Waals surface area contributed by atoms with Crippen molar-refractivity contribution in [3.63, 3.8) is 0 Å². The first-order chi connectivity index (χ1) is 5.75. The van der Waals surface area contributed by atoms with Crippen molar-refractivity contribution in [3.8, 4) is 11.8 Å². The summed E-state index contributed by atoms with van der Waals surface area (Å²) in [6.07, 6.45) is 0. The minimum absolute atomic E-state index is 0.242. The lowest BCUT2D eigenvalue weighted by Gasteiger charge is -1.95. The minimum Gasteiger partial charge on any atom is -0.320 e. The van der Waals surface area contributed by atoms with Crippen molar-refractivity contribution in [3.05, 3.63) is 34.1 Å². The van der Waals surface area contributed by atoms with Crippen molar-refractivity contribution in [1.29, 1.82) is 0 Å². The van der Waals surface area contributed by atoms with E-state index in [4.69, 9.17) is 5.73 Å². The lowest BCUT2D eigenvalue weighted by atomic mass is 10.2. The van der Waals surface area contributed by atoms with Crippen LogP contribution in [0.2, 0.25) is 0 Å². The SMILES string of the molecule is NCC#Cc1cccc(Br)c1F. The van der Waals surface area contributed by atoms with Crippen LogP contribution in [0.4, 0.5) is 4.39 Å². The average Bonchev–Trinajstić information content (AvgIpc) is 2.08. The van der Waals surface area contributed by atoms with E-state index in [-0.39, 0.29) is 12.4 Å². The molecule has 3 heteroatoms. The summed E-state index contributed by atoms with van der Waals surface area (Å²) in [5, 5.41) is 0. The molecule has 0 bridgehead atoms. The highest BCUT2D eigenvalue weighted by Crippen LogP contribution is 2.17. The molecule has 0 fully saturated rings. The molecule has 0 heterocycles. The zero-order chi connectivity index (χ0) is 8.97. The van der Waals surface area contributed by atoms with Gasteiger partial charge in [0.25, 0.3) is 0 Å². The van der Waals surface area contributed by atoms with Gasteiger partial charge >= 0.3 is 0 Å². The van der Waals surface area contributed by atoms with Crippen molar-refractivity contribution in [1.82, 2.24) is 0 Å². The third-order valence-electron chi connectivity index (χ3n) is 1.28. The lowest BCUT2D eigenvalue weighted by Crippen LogP contribution is -1.93. The van der Waals surface area contributed by atoms with E-state index in [2.05, 4.69) is 27.8 Å². The monoisotopic (exact) mass is 227 g/mol. The molecule has 1 nitrogen and oxygen atoms in total. The predicted octanol–water partition coefficient (Wildman–Crippen LogP) is 1.90. The minimum atomic E-state index is -0.335. The van der Waals surface area contributed by atoms with Gasteiger partial charge in [0.05, 0.1) is 16.6 Å². The van der Waals surface area contributed by atoms with Crippen LogP contribution in [0.5, 0.6) is 0 Å². The van der Waals surface area contributed by atoms with Gasteiger partial charge in [0.15, 0.2) is 5.82 Å². The quantitative estimate of drug-likeness (QED) is 0.674. The molecule has 1 aromatic carbocycles. The second-order valence-electron chi connectivity index (χ2n) is 2.11. The smallest absolute Gasteiger partial charge is 0.152 e. The fourth-order valence-electron chi connectivity index (χ4n) is 0.747. The molecule has 0 unspecified atom stereocenters. The van der Waals surface area contributed by atoms with Gasteiger partial charge in [0.1, 0.15) is 0 Å². The van der Waals surface area contributed by atoms with Crippen LogP contribution in [0.25, 0.3) is 0 Å². The average molecular weight is 228 g/mol. The van der Waals surface area contributed by atoms with Crippen LogP contribution in [-0.2, 0) is 0 Å². The summed E-state index contributed by atoms with van der Waals surface area (Å²) < 4.78 is 13.6. The van der Waals surface area contributed by atoms with Gasteiger partial charge in [-0.25, -0.2) is 4.39 Å². The second-order valence-corrected chi connectivity index (χ2v) is 2.96. The molecule has 0 saturated carbocycles. The molecule has 12 heavy (non-hydrogen) atoms. The van der Waals surface area contributed by atoms with E-state index in [0.29, 0.717) is 10.0 Å². The van der Waals surface area contributed by atoms with Gasteiger partial charge in [0, 0.05) is 0 Å². The Morgan fingerprint density at radius 1 is 1.50 bits per heavy atom. The van der Waals surface area contributed by atoms with Crippen LogP contribution in [0.1, 0.15) is 5.56 Å². The number of halogens is 2. The van der Waals surface area contributed by atoms with Gasteiger partial charge < -0.3 is 5.73 Å². The molecule has 0 atom stereocenters. The maximum atomic E-state index is 13.1. The van der Waals surface area contributed by atoms with E-state index in [1.54, 1.807) is 18.2 Å². The Morgan fingerprint density at radius 3 is 2.92 bits per heavy atom. The van der Waals surface area contributed by atoms with Gasteiger partial charge in [-0.05, 0) is 28.1 Å². The normalized spacial score (nSPS) is 8.92. The highest BCUT2D eigenvalue weighted by Gasteiger charge is 2.01. The van der Waals surface area contributed by atoms with Crippen LogP contribution in [0.15, 0.2) is 22.7 Å². The van der Waals surface area contributed by atoms with E-state index in [1.807, 2.05) is 0 Å². The topological polar surface area (TPSA) is 26.0 Å². The molecular formula is C9H7BrFN. The summed E-state index contributed by atoms with van der Waals surface area (Å²) in [6, 6.07) is 4.97. The van der Waals surface area contributed by atoms with Crippen LogP contribution in [0.3, 0.4) is 0 Å². The maximum absolute atomic E-state index is 13.1. The van der Waals surface area contributed by atoms with Gasteiger partial charge in [-0.1, -0.05) is 17.9 Å². The fourth-order valence-corrected chi connectivity index (χ4v) is 1.11. The predicted molar refractivity (Wildman–Crippen MR) is 50.0 cm³/mol. The zero-order valence-electron chi connectivity index (χ0n) is 6.27. The molecule has 2 N–H and O–H groups in total. The van der Waals surface area contributed by atoms with Crippen molar-refractivity contribution in [2.75, 3.05) is 6.54 Å². The van der Waals surface area contributed by atoms with Crippen LogP contribution >= 0.6 is 15.9 Å². The van der Waals surface area contributed by atoms with Gasteiger partial charge in [-0.2, -0.15) is 0 Å². The summed E-state index contributed by atoms with van der Waals surface area (Å²) in [6.45, 7) is 0.242. The molecule has 0 amide bonds. The van der Waals surface area contributed by atoms with E-state index < -0.39 is 0 Å². The van der Waals surface area contributed by atoms with E-state index in [9.17, 15) is 4.39 Å². The number of nitrogens with two attached hydrogens (primary N) is 1. The Labute approximate surface area is 78.9 Å². The first-order valence-electron chi connectivity index (χ1n) is 3.38. The van der Waals surface area contributed by atoms with Gasteiger partial charge in [0.2, 0.25) is 0 Å². The van der Waals surface area contributed by atoms with Gasteiger partial charge in [-0.3, -0.25) is 0 Å². The van der Waals surface area contributed by atoms with E-state index in [1.165, 1.54) is 0 Å². The highest BCUT2D eigenvalue weighted by molar-refractivity contribution is 9.10. The molecular weight excluding hydrogens is 221 g/mol. The van der Waals surface area contributed by atoms with Crippen LogP contribution in [0, 0.1) is 17.7 Å². The Bertz CT molecular complexity index is 338. The largest absolute Gasteiger partial charge is 0.320 e. The Balaban J connectivity index is 3.08. The van der Waals surface area contributed by atoms with Crippen molar-refractivity contribution in [2.45, 2.75) is 0 Å². The van der Waals surface area contributed by atoms with Crippen LogP contribution < -0.4 is 5.73 Å². The second kappa shape index (κ2) is 4.24. The number of rotatable bonds is 0. The standard InChI is InChI=1S/C9H7BrFN/c10-8-5-1-3-7(9(8)11)4-2-6-12/h1,3,5H,6,12H2. The Morgan fingerprint density at radius 2 is 2.25 bits per heavy atom. The molecule has 1 rings (SSSR count). The molecule has 0 aliphatic heterocycles. The highest BCUT2D eigenvalue weighted by atomic mass is 79.9. The Hall–Kier alpha value is -0.850. The summed E-state index contributed by atoms with van der Waals surface area (Å²) >= 11 is 3.06. The zero-order valence-corrected chi connectivity index (χ0v) is 7.86. The number of benzene rings is 1. The first-order valence-corrected chi connectivity index (χ1v) is 4.18. The van der Waals surface area contributed by atoms with Gasteiger partial charge in [-0.15, -0.1) is 0 Å². The third kappa shape index (κ3) is 2.07. The van der Waals surface area contributed by atoms with Crippen LogP contribution in [-0.4, -0.2) is 6.54 Å². The molecule has 0 aliphatic carbocycles. The molecule has 0 aromatic heterocycles. The maximum Gasteiger partial charge on any atom is 0.152 e. The van der Waals surface area contributed by atoms with Crippen molar-refractivity contribution in [2.24, 2.45) is 5.73 Å². The molecule has 0 saturated heterocycles. The van der Waals surface area contributed by atoms with E-state index in [0.717, 1.165) is 0 Å². The summed E-state index contributed by atoms with van der Waals surface area (Å²) in [5.41, 5.74) is 5.53. The number of hydrogen-bond acceptors (Lipinski definition) is 1.